The fourth-order valence-corrected chi connectivity index (χ4v) is 4.56. The third-order valence-electron chi connectivity index (χ3n) is 5.49. The van der Waals surface area contributed by atoms with E-state index in [0.717, 1.165) is 37.9 Å². The number of sulfonamides is 1. The summed E-state index contributed by atoms with van der Waals surface area (Å²) in [5.74, 6) is 1.18. The Labute approximate surface area is 173 Å². The maximum Gasteiger partial charge on any atom is 0.213 e. The van der Waals surface area contributed by atoms with E-state index in [9.17, 15) is 8.42 Å². The van der Waals surface area contributed by atoms with Gasteiger partial charge in [0.05, 0.1) is 12.3 Å². The molecule has 1 aliphatic carbocycles. The van der Waals surface area contributed by atoms with Crippen LogP contribution in [0.1, 0.15) is 37.4 Å². The van der Waals surface area contributed by atoms with Crippen molar-refractivity contribution in [2.24, 2.45) is 10.9 Å². The number of hydrogen-bond acceptors (Lipinski definition) is 3. The smallest absolute Gasteiger partial charge is 0.213 e. The minimum atomic E-state index is -3.27. The molecule has 0 atom stereocenters. The molecule has 29 heavy (non-hydrogen) atoms. The molecule has 1 aromatic carbocycles. The lowest BCUT2D eigenvalue weighted by Gasteiger charge is -2.25. The van der Waals surface area contributed by atoms with Gasteiger partial charge in [0.2, 0.25) is 10.0 Å². The molecular formula is C21H33N5O2S. The molecule has 4 N–H and O–H groups in total. The van der Waals surface area contributed by atoms with Crippen molar-refractivity contribution >= 4 is 26.9 Å². The van der Waals surface area contributed by atoms with E-state index in [1.807, 2.05) is 13.0 Å². The van der Waals surface area contributed by atoms with Crippen LogP contribution in [0.15, 0.2) is 29.3 Å². The Hall–Kier alpha value is -2.06. The zero-order valence-electron chi connectivity index (χ0n) is 17.4. The van der Waals surface area contributed by atoms with Gasteiger partial charge in [0.1, 0.15) is 0 Å². The molecule has 1 saturated carbocycles. The lowest BCUT2D eigenvalue weighted by molar-refractivity contribution is 0.316. The van der Waals surface area contributed by atoms with Crippen molar-refractivity contribution in [3.05, 3.63) is 35.5 Å². The molecule has 0 saturated heterocycles. The van der Waals surface area contributed by atoms with Gasteiger partial charge in [-0.05, 0) is 50.7 Å². The number of nitrogens with one attached hydrogen (secondary N) is 4. The first-order valence-electron chi connectivity index (χ1n) is 10.5. The molecule has 0 bridgehead atoms. The topological polar surface area (TPSA) is 98.4 Å². The second-order valence-electron chi connectivity index (χ2n) is 7.68. The molecule has 0 spiro atoms. The number of rotatable bonds is 10. The van der Waals surface area contributed by atoms with Crippen molar-refractivity contribution in [2.75, 3.05) is 31.9 Å². The average molecular weight is 420 g/mol. The minimum absolute atomic E-state index is 0.0118. The predicted molar refractivity (Wildman–Crippen MR) is 120 cm³/mol. The highest BCUT2D eigenvalue weighted by molar-refractivity contribution is 7.89. The molecule has 1 aliphatic rings. The summed E-state index contributed by atoms with van der Waals surface area (Å²) in [6.45, 7) is 6.34. The Morgan fingerprint density at radius 3 is 2.76 bits per heavy atom. The van der Waals surface area contributed by atoms with Gasteiger partial charge in [-0.3, -0.25) is 4.99 Å². The fraction of sp³-hybridized carbons (Fsp3) is 0.571. The Balaban J connectivity index is 1.49. The van der Waals surface area contributed by atoms with Crippen molar-refractivity contribution in [1.82, 2.24) is 20.3 Å². The molecule has 1 aromatic heterocycles. The summed E-state index contributed by atoms with van der Waals surface area (Å²) >= 11 is 0. The quantitative estimate of drug-likeness (QED) is 0.351. The molecule has 0 amide bonds. The van der Waals surface area contributed by atoms with Crippen LogP contribution >= 0.6 is 0 Å². The first kappa shape index (κ1) is 21.6. The molecule has 7 nitrogen and oxygen atoms in total. The lowest BCUT2D eigenvalue weighted by atomic mass is 9.86. The lowest BCUT2D eigenvalue weighted by Crippen LogP contribution is -2.39. The molecule has 0 aliphatic heterocycles. The third kappa shape index (κ3) is 6.21. The normalized spacial score (nSPS) is 15.4. The van der Waals surface area contributed by atoms with Crippen LogP contribution in [0.4, 0.5) is 0 Å². The number of guanidine groups is 1. The van der Waals surface area contributed by atoms with E-state index in [2.05, 4.69) is 50.5 Å². The highest BCUT2D eigenvalue weighted by Gasteiger charge is 2.20. The van der Waals surface area contributed by atoms with E-state index < -0.39 is 10.0 Å². The Morgan fingerprint density at radius 1 is 1.24 bits per heavy atom. The molecule has 0 unspecified atom stereocenters. The van der Waals surface area contributed by atoms with Crippen LogP contribution in [-0.4, -0.2) is 51.3 Å². The van der Waals surface area contributed by atoms with Crippen LogP contribution in [-0.2, 0) is 16.4 Å². The van der Waals surface area contributed by atoms with Crippen LogP contribution < -0.4 is 15.4 Å². The molecule has 8 heteroatoms. The minimum Gasteiger partial charge on any atom is -0.358 e. The number of nitrogens with zero attached hydrogens (tertiary/aromatic N) is 1. The van der Waals surface area contributed by atoms with E-state index in [-0.39, 0.29) is 12.3 Å². The number of aliphatic imine (C=N–C) groups is 1. The molecule has 1 fully saturated rings. The van der Waals surface area contributed by atoms with Crippen molar-refractivity contribution in [3.63, 3.8) is 0 Å². The second-order valence-corrected chi connectivity index (χ2v) is 9.60. The van der Waals surface area contributed by atoms with E-state index in [4.69, 9.17) is 0 Å². The number of H-pyrrole nitrogens is 1. The van der Waals surface area contributed by atoms with Gasteiger partial charge in [0.25, 0.3) is 0 Å². The summed E-state index contributed by atoms with van der Waals surface area (Å²) in [6, 6.07) is 8.31. The zero-order valence-corrected chi connectivity index (χ0v) is 18.2. The van der Waals surface area contributed by atoms with Crippen molar-refractivity contribution in [2.45, 2.75) is 39.5 Å². The molecule has 0 radical (unpaired) electrons. The van der Waals surface area contributed by atoms with Gasteiger partial charge >= 0.3 is 0 Å². The monoisotopic (exact) mass is 419 g/mol. The van der Waals surface area contributed by atoms with E-state index in [0.29, 0.717) is 18.4 Å². The highest BCUT2D eigenvalue weighted by atomic mass is 32.2. The Kier molecular flexibility index (Phi) is 7.55. The van der Waals surface area contributed by atoms with Crippen molar-refractivity contribution in [3.8, 4) is 0 Å². The Morgan fingerprint density at radius 2 is 2.03 bits per heavy atom. The van der Waals surface area contributed by atoms with Crippen LogP contribution in [0, 0.1) is 12.8 Å². The highest BCUT2D eigenvalue weighted by Crippen LogP contribution is 2.25. The summed E-state index contributed by atoms with van der Waals surface area (Å²) < 4.78 is 27.0. The van der Waals surface area contributed by atoms with Gasteiger partial charge in [-0.2, -0.15) is 0 Å². The fourth-order valence-electron chi connectivity index (χ4n) is 3.60. The van der Waals surface area contributed by atoms with E-state index >= 15 is 0 Å². The molecule has 160 valence electrons. The van der Waals surface area contributed by atoms with Crippen LogP contribution in [0.3, 0.4) is 0 Å². The van der Waals surface area contributed by atoms with Gasteiger partial charge in [0, 0.05) is 36.2 Å². The third-order valence-corrected chi connectivity index (χ3v) is 6.81. The SMILES string of the molecule is CCNC(=NCCS(=O)(=O)NCC1CCC1)NCCc1c(C)[nH]c2ccccc12. The number of para-hydroxylation sites is 1. The number of fused-ring (bicyclic) bond motifs is 1. The largest absolute Gasteiger partial charge is 0.358 e. The summed E-state index contributed by atoms with van der Waals surface area (Å²) in [5.41, 5.74) is 3.63. The van der Waals surface area contributed by atoms with Crippen molar-refractivity contribution in [1.29, 1.82) is 0 Å². The van der Waals surface area contributed by atoms with E-state index in [1.54, 1.807) is 0 Å². The summed E-state index contributed by atoms with van der Waals surface area (Å²) in [7, 11) is -3.27. The Bertz CT molecular complexity index is 932. The number of aromatic nitrogens is 1. The summed E-state index contributed by atoms with van der Waals surface area (Å²) in [6.07, 6.45) is 4.34. The number of benzene rings is 1. The number of aromatic amines is 1. The number of hydrogen-bond donors (Lipinski definition) is 4. The second kappa shape index (κ2) is 10.1. The van der Waals surface area contributed by atoms with Crippen molar-refractivity contribution < 1.29 is 8.42 Å². The van der Waals surface area contributed by atoms with Gasteiger partial charge in [0.15, 0.2) is 5.96 Å². The van der Waals surface area contributed by atoms with Crippen LogP contribution in [0.25, 0.3) is 10.9 Å². The van der Waals surface area contributed by atoms with Gasteiger partial charge in [-0.15, -0.1) is 0 Å². The first-order chi connectivity index (χ1) is 14.0. The standard InChI is InChI=1S/C21H33N5O2S/c1-3-22-21(24-13-14-29(27,28)25-15-17-7-6-8-17)23-12-11-18-16(2)26-20-10-5-4-9-19(18)20/h4-5,9-10,17,25-26H,3,6-8,11-15H2,1-2H3,(H2,22,23,24). The molecule has 2 aromatic rings. The predicted octanol–water partition coefficient (Wildman–Crippen LogP) is 2.29. The van der Waals surface area contributed by atoms with Gasteiger partial charge in [-0.25, -0.2) is 13.1 Å². The average Bonchev–Trinajstić information content (AvgIpc) is 2.95. The zero-order chi connectivity index (χ0) is 20.7. The maximum atomic E-state index is 12.1. The van der Waals surface area contributed by atoms with Gasteiger partial charge in [-0.1, -0.05) is 24.6 Å². The maximum absolute atomic E-state index is 12.1. The van der Waals surface area contributed by atoms with E-state index in [1.165, 1.54) is 23.1 Å². The molecular weight excluding hydrogens is 386 g/mol. The summed E-state index contributed by atoms with van der Waals surface area (Å²) in [5, 5.41) is 7.75. The summed E-state index contributed by atoms with van der Waals surface area (Å²) in [4.78, 5) is 7.85. The molecule has 1 heterocycles. The van der Waals surface area contributed by atoms with Crippen LogP contribution in [0.2, 0.25) is 0 Å². The van der Waals surface area contributed by atoms with Crippen LogP contribution in [0.5, 0.6) is 0 Å². The van der Waals surface area contributed by atoms with Gasteiger partial charge < -0.3 is 15.6 Å². The first-order valence-corrected chi connectivity index (χ1v) is 12.2. The molecule has 3 rings (SSSR count). The number of aryl methyl sites for hydroxylation is 1.